The van der Waals surface area contributed by atoms with E-state index in [0.717, 1.165) is 16.9 Å². The molecule has 0 aliphatic heterocycles. The van der Waals surface area contributed by atoms with Crippen molar-refractivity contribution >= 4 is 23.1 Å². The number of aromatic nitrogens is 1. The van der Waals surface area contributed by atoms with Crippen molar-refractivity contribution in [2.45, 2.75) is 13.5 Å². The number of ether oxygens (including phenoxy) is 1. The molecule has 6 heteroatoms. The number of ketones is 1. The molecule has 2 heterocycles. The topological polar surface area (TPSA) is 69.4 Å². The van der Waals surface area contributed by atoms with Crippen LogP contribution in [0.5, 0.6) is 0 Å². The Morgan fingerprint density at radius 3 is 2.57 bits per heavy atom. The van der Waals surface area contributed by atoms with Crippen LogP contribution in [-0.2, 0) is 11.3 Å². The third kappa shape index (κ3) is 3.54. The highest BCUT2D eigenvalue weighted by atomic mass is 32.1. The molecule has 23 heavy (non-hydrogen) atoms. The van der Waals surface area contributed by atoms with Gasteiger partial charge < -0.3 is 9.26 Å². The molecule has 5 nitrogen and oxygen atoms in total. The Labute approximate surface area is 136 Å². The van der Waals surface area contributed by atoms with Crippen molar-refractivity contribution in [1.29, 1.82) is 0 Å². The number of hydrogen-bond donors (Lipinski definition) is 0. The zero-order valence-electron chi connectivity index (χ0n) is 12.3. The molecule has 0 bridgehead atoms. The predicted octanol–water partition coefficient (Wildman–Crippen LogP) is 3.96. The summed E-state index contributed by atoms with van der Waals surface area (Å²) in [7, 11) is 0. The highest BCUT2D eigenvalue weighted by Crippen LogP contribution is 2.21. The number of carbonyl (C=O) groups is 2. The molecule has 0 amide bonds. The first-order valence-electron chi connectivity index (χ1n) is 6.92. The Kier molecular flexibility index (Phi) is 4.34. The van der Waals surface area contributed by atoms with E-state index in [9.17, 15) is 9.59 Å². The van der Waals surface area contributed by atoms with E-state index >= 15 is 0 Å². The number of Topliss-reactive ketones (excluding diaryl/α,β-unsaturated/α-hetero) is 1. The number of benzene rings is 1. The Bertz CT molecular complexity index is 835. The maximum atomic E-state index is 11.9. The van der Waals surface area contributed by atoms with E-state index in [-0.39, 0.29) is 12.4 Å². The fourth-order valence-electron chi connectivity index (χ4n) is 1.97. The molecule has 1 aromatic carbocycles. The van der Waals surface area contributed by atoms with E-state index in [1.54, 1.807) is 18.2 Å². The van der Waals surface area contributed by atoms with Crippen LogP contribution in [-0.4, -0.2) is 16.9 Å². The van der Waals surface area contributed by atoms with Crippen molar-refractivity contribution in [2.75, 3.05) is 0 Å². The number of esters is 1. The van der Waals surface area contributed by atoms with Crippen molar-refractivity contribution < 1.29 is 18.8 Å². The molecule has 0 saturated heterocycles. The average molecular weight is 327 g/mol. The van der Waals surface area contributed by atoms with E-state index < -0.39 is 5.97 Å². The number of carbonyl (C=O) groups excluding carboxylic acids is 2. The lowest BCUT2D eigenvalue weighted by Gasteiger charge is -1.99. The Morgan fingerprint density at radius 2 is 1.87 bits per heavy atom. The fraction of sp³-hybridized carbons (Fsp3) is 0.118. The zero-order valence-corrected chi connectivity index (χ0v) is 13.1. The molecule has 116 valence electrons. The summed E-state index contributed by atoms with van der Waals surface area (Å²) in [6.45, 7) is 1.45. The summed E-state index contributed by atoms with van der Waals surface area (Å²) in [5, 5.41) is 3.96. The first-order valence-corrected chi connectivity index (χ1v) is 7.74. The van der Waals surface area contributed by atoms with E-state index in [1.807, 2.05) is 30.3 Å². The maximum absolute atomic E-state index is 11.9. The van der Waals surface area contributed by atoms with Gasteiger partial charge in [0.25, 0.3) is 0 Å². The minimum atomic E-state index is -0.486. The molecule has 0 radical (unpaired) electrons. The van der Waals surface area contributed by atoms with Crippen LogP contribution >= 0.6 is 11.3 Å². The van der Waals surface area contributed by atoms with Crippen molar-refractivity contribution in [3.63, 3.8) is 0 Å². The van der Waals surface area contributed by atoms with Gasteiger partial charge in [-0.3, -0.25) is 4.79 Å². The second-order valence-electron chi connectivity index (χ2n) is 4.84. The summed E-state index contributed by atoms with van der Waals surface area (Å²) >= 11 is 1.12. The molecule has 3 rings (SSSR count). The highest BCUT2D eigenvalue weighted by Gasteiger charge is 2.14. The molecule has 0 unspecified atom stereocenters. The van der Waals surface area contributed by atoms with Crippen LogP contribution in [0, 0.1) is 0 Å². The molecular formula is C17H13NO4S. The smallest absolute Gasteiger partial charge is 0.348 e. The van der Waals surface area contributed by atoms with E-state index in [1.165, 1.54) is 6.92 Å². The lowest BCUT2D eigenvalue weighted by molar-refractivity contribution is 0.0443. The Morgan fingerprint density at radius 1 is 1.13 bits per heavy atom. The summed E-state index contributed by atoms with van der Waals surface area (Å²) in [6.07, 6.45) is 0. The van der Waals surface area contributed by atoms with Gasteiger partial charge in [0, 0.05) is 11.6 Å². The summed E-state index contributed by atoms with van der Waals surface area (Å²) in [5.41, 5.74) is 1.62. The van der Waals surface area contributed by atoms with Gasteiger partial charge in [0.05, 0.1) is 4.88 Å². The molecular weight excluding hydrogens is 314 g/mol. The maximum Gasteiger partial charge on any atom is 0.348 e. The van der Waals surface area contributed by atoms with Crippen LogP contribution in [0.1, 0.15) is 32.0 Å². The van der Waals surface area contributed by atoms with Gasteiger partial charge >= 0.3 is 5.97 Å². The van der Waals surface area contributed by atoms with Crippen molar-refractivity contribution in [2.24, 2.45) is 0 Å². The van der Waals surface area contributed by atoms with Gasteiger partial charge in [0.1, 0.15) is 10.6 Å². The first-order chi connectivity index (χ1) is 11.1. The minimum Gasteiger partial charge on any atom is -0.453 e. The lowest BCUT2D eigenvalue weighted by Crippen LogP contribution is -2.02. The molecule has 0 N–H and O–H groups in total. The second-order valence-corrected chi connectivity index (χ2v) is 5.92. The van der Waals surface area contributed by atoms with Crippen LogP contribution in [0.25, 0.3) is 11.3 Å². The van der Waals surface area contributed by atoms with Crippen molar-refractivity contribution in [3.8, 4) is 11.3 Å². The van der Waals surface area contributed by atoms with Gasteiger partial charge in [-0.25, -0.2) is 4.79 Å². The van der Waals surface area contributed by atoms with Gasteiger partial charge in [-0.1, -0.05) is 35.5 Å². The quantitative estimate of drug-likeness (QED) is 0.524. The van der Waals surface area contributed by atoms with Crippen LogP contribution in [0.15, 0.2) is 53.1 Å². The summed E-state index contributed by atoms with van der Waals surface area (Å²) in [5.74, 6) is -0.0995. The molecule has 2 aromatic heterocycles. The van der Waals surface area contributed by atoms with Gasteiger partial charge in [-0.2, -0.15) is 0 Å². The second kappa shape index (κ2) is 6.58. The third-order valence-electron chi connectivity index (χ3n) is 3.13. The van der Waals surface area contributed by atoms with E-state index in [0.29, 0.717) is 21.2 Å². The third-order valence-corrected chi connectivity index (χ3v) is 4.29. The van der Waals surface area contributed by atoms with Crippen molar-refractivity contribution in [3.05, 3.63) is 64.0 Å². The number of hydrogen-bond acceptors (Lipinski definition) is 6. The Balaban J connectivity index is 1.63. The zero-order chi connectivity index (χ0) is 16.2. The minimum absolute atomic E-state index is 0.00796. The molecule has 0 spiro atoms. The first kappa shape index (κ1) is 15.2. The monoisotopic (exact) mass is 327 g/mol. The molecule has 0 atom stereocenters. The average Bonchev–Trinajstić information content (AvgIpc) is 3.23. The molecule has 0 fully saturated rings. The normalized spacial score (nSPS) is 10.5. The van der Waals surface area contributed by atoms with Gasteiger partial charge in [-0.15, -0.1) is 11.3 Å². The summed E-state index contributed by atoms with van der Waals surface area (Å²) in [4.78, 5) is 24.1. The molecule has 0 aliphatic carbocycles. The molecule has 0 aliphatic rings. The van der Waals surface area contributed by atoms with Crippen LogP contribution in [0.4, 0.5) is 0 Å². The van der Waals surface area contributed by atoms with Crippen molar-refractivity contribution in [1.82, 2.24) is 5.16 Å². The van der Waals surface area contributed by atoms with Gasteiger partial charge in [-0.05, 0) is 19.1 Å². The standard InChI is InChI=1S/C17H13NO4S/c1-11(19)15-7-8-16(23-15)17(20)21-10-13-9-14(18-22-13)12-5-3-2-4-6-12/h2-9H,10H2,1H3. The summed E-state index contributed by atoms with van der Waals surface area (Å²) < 4.78 is 10.4. The molecule has 0 saturated carbocycles. The van der Waals surface area contributed by atoms with Crippen LogP contribution < -0.4 is 0 Å². The summed E-state index contributed by atoms with van der Waals surface area (Å²) in [6, 6.07) is 14.5. The lowest BCUT2D eigenvalue weighted by atomic mass is 10.1. The van der Waals surface area contributed by atoms with Crippen LogP contribution in [0.2, 0.25) is 0 Å². The SMILES string of the molecule is CC(=O)c1ccc(C(=O)OCc2cc(-c3ccccc3)no2)s1. The Hall–Kier alpha value is -2.73. The van der Waals surface area contributed by atoms with Crippen LogP contribution in [0.3, 0.4) is 0 Å². The number of nitrogens with zero attached hydrogens (tertiary/aromatic N) is 1. The number of thiophene rings is 1. The van der Waals surface area contributed by atoms with Gasteiger partial charge in [0.15, 0.2) is 18.2 Å². The largest absolute Gasteiger partial charge is 0.453 e. The molecule has 3 aromatic rings. The fourth-order valence-corrected chi connectivity index (χ4v) is 2.77. The van der Waals surface area contributed by atoms with E-state index in [2.05, 4.69) is 5.16 Å². The van der Waals surface area contributed by atoms with E-state index in [4.69, 9.17) is 9.26 Å². The van der Waals surface area contributed by atoms with Gasteiger partial charge in [0.2, 0.25) is 0 Å². The highest BCUT2D eigenvalue weighted by molar-refractivity contribution is 7.15. The predicted molar refractivity (Wildman–Crippen MR) is 85.4 cm³/mol. The number of rotatable bonds is 5.